The Morgan fingerprint density at radius 1 is 1.60 bits per heavy atom. The van der Waals surface area contributed by atoms with Gasteiger partial charge < -0.3 is 4.74 Å². The summed E-state index contributed by atoms with van der Waals surface area (Å²) in [6, 6.07) is 5.22. The van der Waals surface area contributed by atoms with Gasteiger partial charge in [0.2, 0.25) is 0 Å². The highest BCUT2D eigenvalue weighted by Gasteiger charge is 2.15. The highest BCUT2D eigenvalue weighted by atomic mass is 35.5. The van der Waals surface area contributed by atoms with Crippen molar-refractivity contribution in [2.24, 2.45) is 0 Å². The topological polar surface area (TPSA) is 50.1 Å². The second kappa shape index (κ2) is 4.81. The lowest BCUT2D eigenvalue weighted by Gasteiger charge is -2.08. The van der Waals surface area contributed by atoms with Gasteiger partial charge in [0.15, 0.2) is 5.78 Å². The third-order valence-electron chi connectivity index (χ3n) is 2.17. The number of benzene rings is 1. The fourth-order valence-corrected chi connectivity index (χ4v) is 1.51. The zero-order valence-electron chi connectivity index (χ0n) is 8.50. The molecule has 0 saturated carbocycles. The van der Waals surface area contributed by atoms with Crippen LogP contribution in [0.25, 0.3) is 0 Å². The van der Waals surface area contributed by atoms with E-state index in [-0.39, 0.29) is 11.7 Å². The van der Waals surface area contributed by atoms with E-state index >= 15 is 0 Å². The maximum Gasteiger partial charge on any atom is 0.178 e. The molecule has 4 heteroatoms. The van der Waals surface area contributed by atoms with Crippen molar-refractivity contribution in [3.8, 4) is 11.8 Å². The van der Waals surface area contributed by atoms with Crippen LogP contribution in [0.15, 0.2) is 12.1 Å². The summed E-state index contributed by atoms with van der Waals surface area (Å²) in [5.41, 5.74) is 1.35. The first kappa shape index (κ1) is 11.5. The highest BCUT2D eigenvalue weighted by Crippen LogP contribution is 2.24. The molecule has 0 amide bonds. The van der Waals surface area contributed by atoms with Crippen molar-refractivity contribution in [2.45, 2.75) is 6.92 Å². The fourth-order valence-electron chi connectivity index (χ4n) is 1.36. The van der Waals surface area contributed by atoms with E-state index < -0.39 is 0 Å². The van der Waals surface area contributed by atoms with Gasteiger partial charge in [-0.2, -0.15) is 5.26 Å². The van der Waals surface area contributed by atoms with Gasteiger partial charge in [0.05, 0.1) is 18.6 Å². The molecule has 1 aromatic carbocycles. The monoisotopic (exact) mass is 223 g/mol. The number of hydrogen-bond acceptors (Lipinski definition) is 3. The molecule has 1 aromatic rings. The summed E-state index contributed by atoms with van der Waals surface area (Å²) < 4.78 is 5.06. The van der Waals surface area contributed by atoms with Crippen LogP contribution in [0, 0.1) is 18.3 Å². The number of nitriles is 1. The van der Waals surface area contributed by atoms with Crippen LogP contribution in [0.1, 0.15) is 21.5 Å². The Labute approximate surface area is 93.2 Å². The number of hydrogen-bond donors (Lipinski definition) is 0. The van der Waals surface area contributed by atoms with Gasteiger partial charge in [-0.1, -0.05) is 0 Å². The summed E-state index contributed by atoms with van der Waals surface area (Å²) in [5.74, 6) is 0.220. The molecule has 78 valence electrons. The lowest BCUT2D eigenvalue weighted by molar-refractivity contribution is 0.102. The quantitative estimate of drug-likeness (QED) is 0.584. The number of methoxy groups -OCH3 is 1. The SMILES string of the molecule is COc1ccc(C(=O)CCl)c(C#N)c1C. The van der Waals surface area contributed by atoms with Crippen molar-refractivity contribution in [3.63, 3.8) is 0 Å². The summed E-state index contributed by atoms with van der Waals surface area (Å²) in [6.45, 7) is 1.74. The number of halogens is 1. The van der Waals surface area contributed by atoms with Crippen LogP contribution >= 0.6 is 11.6 Å². The molecular formula is C11H10ClNO2. The van der Waals surface area contributed by atoms with Crippen molar-refractivity contribution in [3.05, 3.63) is 28.8 Å². The minimum atomic E-state index is -0.251. The lowest BCUT2D eigenvalue weighted by Crippen LogP contribution is -2.05. The summed E-state index contributed by atoms with van der Waals surface area (Å²) in [6.07, 6.45) is 0. The number of rotatable bonds is 3. The Bertz CT molecular complexity index is 435. The molecule has 0 bridgehead atoms. The second-order valence-electron chi connectivity index (χ2n) is 2.98. The van der Waals surface area contributed by atoms with Gasteiger partial charge in [-0.15, -0.1) is 11.6 Å². The molecule has 0 heterocycles. The van der Waals surface area contributed by atoms with E-state index in [0.29, 0.717) is 22.4 Å². The third kappa shape index (κ3) is 2.11. The second-order valence-corrected chi connectivity index (χ2v) is 3.25. The molecule has 0 fully saturated rings. The van der Waals surface area contributed by atoms with Gasteiger partial charge >= 0.3 is 0 Å². The first-order valence-corrected chi connectivity index (χ1v) is 4.86. The molecule has 0 radical (unpaired) electrons. The number of ketones is 1. The molecular weight excluding hydrogens is 214 g/mol. The van der Waals surface area contributed by atoms with Gasteiger partial charge in [-0.05, 0) is 19.1 Å². The zero-order chi connectivity index (χ0) is 11.4. The van der Waals surface area contributed by atoms with Crippen molar-refractivity contribution in [2.75, 3.05) is 13.0 Å². The first-order valence-electron chi connectivity index (χ1n) is 4.32. The number of carbonyl (C=O) groups excluding carboxylic acids is 1. The van der Waals surface area contributed by atoms with E-state index in [1.54, 1.807) is 19.1 Å². The maximum absolute atomic E-state index is 11.4. The fraction of sp³-hybridized carbons (Fsp3) is 0.273. The number of Topliss-reactive ketones (excluding diaryl/α,β-unsaturated/α-hetero) is 1. The lowest BCUT2D eigenvalue weighted by atomic mass is 9.99. The van der Waals surface area contributed by atoms with Crippen LogP contribution < -0.4 is 4.74 Å². The van der Waals surface area contributed by atoms with Crippen molar-refractivity contribution in [1.29, 1.82) is 5.26 Å². The molecule has 0 atom stereocenters. The van der Waals surface area contributed by atoms with Crippen LogP contribution in [0.2, 0.25) is 0 Å². The minimum absolute atomic E-state index is 0.125. The molecule has 3 nitrogen and oxygen atoms in total. The smallest absolute Gasteiger partial charge is 0.178 e. The predicted molar refractivity (Wildman–Crippen MR) is 57.5 cm³/mol. The van der Waals surface area contributed by atoms with E-state index in [2.05, 4.69) is 0 Å². The average Bonchev–Trinajstić information content (AvgIpc) is 2.27. The molecule has 0 N–H and O–H groups in total. The van der Waals surface area contributed by atoms with Crippen LogP contribution in [0.3, 0.4) is 0 Å². The van der Waals surface area contributed by atoms with Gasteiger partial charge in [-0.25, -0.2) is 0 Å². The molecule has 0 unspecified atom stereocenters. The Morgan fingerprint density at radius 2 is 2.27 bits per heavy atom. The predicted octanol–water partition coefficient (Wildman–Crippen LogP) is 2.30. The van der Waals surface area contributed by atoms with E-state index in [1.165, 1.54) is 7.11 Å². The van der Waals surface area contributed by atoms with E-state index in [1.807, 2.05) is 6.07 Å². The Balaban J connectivity index is 3.39. The van der Waals surface area contributed by atoms with Crippen LogP contribution in [-0.4, -0.2) is 18.8 Å². The number of nitrogens with zero attached hydrogens (tertiary/aromatic N) is 1. The number of ether oxygens (including phenoxy) is 1. The van der Waals surface area contributed by atoms with Gasteiger partial charge in [0, 0.05) is 11.1 Å². The normalized spacial score (nSPS) is 9.47. The summed E-state index contributed by atoms with van der Waals surface area (Å²) in [5, 5.41) is 8.96. The Hall–Kier alpha value is -1.53. The Kier molecular flexibility index (Phi) is 3.70. The highest BCUT2D eigenvalue weighted by molar-refractivity contribution is 6.30. The molecule has 0 aliphatic rings. The molecule has 0 aromatic heterocycles. The largest absolute Gasteiger partial charge is 0.496 e. The molecule has 0 saturated heterocycles. The molecule has 0 aliphatic heterocycles. The van der Waals surface area contributed by atoms with Gasteiger partial charge in [0.1, 0.15) is 11.8 Å². The summed E-state index contributed by atoms with van der Waals surface area (Å²) in [4.78, 5) is 11.4. The van der Waals surface area contributed by atoms with Crippen LogP contribution in [-0.2, 0) is 0 Å². The van der Waals surface area contributed by atoms with Crippen molar-refractivity contribution in [1.82, 2.24) is 0 Å². The van der Waals surface area contributed by atoms with Gasteiger partial charge in [0.25, 0.3) is 0 Å². The van der Waals surface area contributed by atoms with E-state index in [0.717, 1.165) is 0 Å². The van der Waals surface area contributed by atoms with Crippen molar-refractivity contribution < 1.29 is 9.53 Å². The van der Waals surface area contributed by atoms with E-state index in [9.17, 15) is 4.79 Å². The molecule has 1 rings (SSSR count). The molecule has 15 heavy (non-hydrogen) atoms. The minimum Gasteiger partial charge on any atom is -0.496 e. The molecule has 0 spiro atoms. The Morgan fingerprint density at radius 3 is 2.73 bits per heavy atom. The van der Waals surface area contributed by atoms with Gasteiger partial charge in [-0.3, -0.25) is 4.79 Å². The average molecular weight is 224 g/mol. The zero-order valence-corrected chi connectivity index (χ0v) is 9.26. The summed E-state index contributed by atoms with van der Waals surface area (Å²) in [7, 11) is 1.52. The van der Waals surface area contributed by atoms with Crippen molar-refractivity contribution >= 4 is 17.4 Å². The maximum atomic E-state index is 11.4. The summed E-state index contributed by atoms with van der Waals surface area (Å²) >= 11 is 5.45. The van der Waals surface area contributed by atoms with Crippen LogP contribution in [0.5, 0.6) is 5.75 Å². The third-order valence-corrected chi connectivity index (χ3v) is 2.41. The first-order chi connectivity index (χ1) is 7.15. The van der Waals surface area contributed by atoms with Crippen LogP contribution in [0.4, 0.5) is 0 Å². The number of carbonyl (C=O) groups is 1. The molecule has 0 aliphatic carbocycles. The van der Waals surface area contributed by atoms with E-state index in [4.69, 9.17) is 21.6 Å². The standard InChI is InChI=1S/C11H10ClNO2/c1-7-9(6-13)8(10(14)5-12)3-4-11(7)15-2/h3-4H,5H2,1-2H3. The number of alkyl halides is 1.